The van der Waals surface area contributed by atoms with Crippen LogP contribution in [0.4, 0.5) is 0 Å². The van der Waals surface area contributed by atoms with E-state index in [0.717, 1.165) is 36.4 Å². The Morgan fingerprint density at radius 1 is 1.15 bits per heavy atom. The van der Waals surface area contributed by atoms with Crippen molar-refractivity contribution in [2.75, 3.05) is 27.5 Å². The Balaban J connectivity index is 1.41. The zero-order valence-electron chi connectivity index (χ0n) is 18.8. The molecule has 2 aromatic carbocycles. The number of benzene rings is 2. The fourth-order valence-electron chi connectivity index (χ4n) is 4.33. The van der Waals surface area contributed by atoms with Crippen molar-refractivity contribution in [3.8, 4) is 23.0 Å². The lowest BCUT2D eigenvalue weighted by atomic mass is 10.00. The third-order valence-electron chi connectivity index (χ3n) is 5.98. The summed E-state index contributed by atoms with van der Waals surface area (Å²) in [7, 11) is 3.16. The molecule has 33 heavy (non-hydrogen) atoms. The van der Waals surface area contributed by atoms with Crippen LogP contribution >= 0.6 is 11.3 Å². The summed E-state index contributed by atoms with van der Waals surface area (Å²) in [5.41, 5.74) is 3.16. The van der Waals surface area contributed by atoms with Crippen molar-refractivity contribution in [3.05, 3.63) is 74.7 Å². The van der Waals surface area contributed by atoms with Crippen LogP contribution in [-0.2, 0) is 13.0 Å². The zero-order valence-corrected chi connectivity index (χ0v) is 19.7. The summed E-state index contributed by atoms with van der Waals surface area (Å²) in [5.74, 6) is 2.65. The fourth-order valence-corrected chi connectivity index (χ4v) is 5.03. The number of hydrogen-bond acceptors (Lipinski definition) is 7. The van der Waals surface area contributed by atoms with E-state index in [0.29, 0.717) is 35.1 Å². The number of carbonyl (C=O) groups is 1. The highest BCUT2D eigenvalue weighted by atomic mass is 32.1. The predicted molar refractivity (Wildman–Crippen MR) is 128 cm³/mol. The number of Topliss-reactive ketones (excluding diaryl/α,β-unsaturated/α-hetero) is 1. The second-order valence-corrected chi connectivity index (χ2v) is 9.08. The molecule has 0 radical (unpaired) electrons. The molecule has 0 bridgehead atoms. The number of rotatable bonds is 6. The highest BCUT2D eigenvalue weighted by Crippen LogP contribution is 2.44. The molecule has 1 aromatic heterocycles. The van der Waals surface area contributed by atoms with E-state index in [9.17, 15) is 4.79 Å². The lowest BCUT2D eigenvalue weighted by Crippen LogP contribution is -2.34. The number of ether oxygens (including phenoxy) is 4. The first-order chi connectivity index (χ1) is 16.1. The van der Waals surface area contributed by atoms with Gasteiger partial charge in [0.25, 0.3) is 0 Å². The molecule has 0 amide bonds. The van der Waals surface area contributed by atoms with Gasteiger partial charge in [-0.1, -0.05) is 18.2 Å². The number of thiophene rings is 1. The van der Waals surface area contributed by atoms with E-state index in [2.05, 4.69) is 22.4 Å². The molecular weight excluding hydrogens is 438 g/mol. The zero-order chi connectivity index (χ0) is 22.9. The number of carbonyl (C=O) groups excluding carboxylic acids is 1. The molecule has 0 saturated heterocycles. The molecule has 5 rings (SSSR count). The average molecular weight is 464 g/mol. The molecule has 170 valence electrons. The van der Waals surface area contributed by atoms with E-state index < -0.39 is 0 Å². The first-order valence-electron chi connectivity index (χ1n) is 10.8. The minimum absolute atomic E-state index is 0.142. The Kier molecular flexibility index (Phi) is 5.83. The fraction of sp³-hybridized carbons (Fsp3) is 0.269. The summed E-state index contributed by atoms with van der Waals surface area (Å²) in [5, 5.41) is 2.10. The number of nitrogens with zero attached hydrogens (tertiary/aromatic N) is 1. The van der Waals surface area contributed by atoms with Crippen molar-refractivity contribution in [3.63, 3.8) is 0 Å². The van der Waals surface area contributed by atoms with Crippen molar-refractivity contribution in [2.24, 2.45) is 0 Å². The smallest absolute Gasteiger partial charge is 0.231 e. The highest BCUT2D eigenvalue weighted by molar-refractivity contribution is 7.09. The standard InChI is InChI=1S/C26H25NO5S/c1-16-24-18(14-27(15-31-24)10-9-19-7-5-11-33-19)12-20-23(28)22(32-25(16)20)13-17-6-4-8-21(29-2)26(17)30-3/h4-8,11-13H,9-10,14-15H2,1-3H3/b22-13-. The molecule has 0 unspecified atom stereocenters. The minimum Gasteiger partial charge on any atom is -0.493 e. The summed E-state index contributed by atoms with van der Waals surface area (Å²) < 4.78 is 23.0. The first-order valence-corrected chi connectivity index (χ1v) is 11.7. The number of para-hydroxylation sites is 1. The van der Waals surface area contributed by atoms with Gasteiger partial charge >= 0.3 is 0 Å². The monoisotopic (exact) mass is 463 g/mol. The van der Waals surface area contributed by atoms with Crippen LogP contribution in [0.15, 0.2) is 47.5 Å². The van der Waals surface area contributed by atoms with Crippen molar-refractivity contribution >= 4 is 23.2 Å². The van der Waals surface area contributed by atoms with Gasteiger partial charge in [0.1, 0.15) is 18.2 Å². The molecule has 0 N–H and O–H groups in total. The molecular formula is C26H25NO5S. The molecule has 6 nitrogen and oxygen atoms in total. The van der Waals surface area contributed by atoms with Crippen LogP contribution in [0.3, 0.4) is 0 Å². The summed E-state index contributed by atoms with van der Waals surface area (Å²) in [6, 6.07) is 11.7. The number of fused-ring (bicyclic) bond motifs is 2. The number of hydrogen-bond donors (Lipinski definition) is 0. The molecule has 2 aliphatic rings. The molecule has 0 spiro atoms. The van der Waals surface area contributed by atoms with Gasteiger partial charge in [-0.3, -0.25) is 9.69 Å². The second-order valence-electron chi connectivity index (χ2n) is 8.04. The minimum atomic E-state index is -0.142. The largest absolute Gasteiger partial charge is 0.493 e. The lowest BCUT2D eigenvalue weighted by Gasteiger charge is -2.30. The van der Waals surface area contributed by atoms with Crippen LogP contribution in [0.25, 0.3) is 6.08 Å². The van der Waals surface area contributed by atoms with Crippen molar-refractivity contribution in [2.45, 2.75) is 19.9 Å². The molecule has 0 atom stereocenters. The van der Waals surface area contributed by atoms with Crippen LogP contribution in [-0.4, -0.2) is 38.2 Å². The predicted octanol–water partition coefficient (Wildman–Crippen LogP) is 5.08. The van der Waals surface area contributed by atoms with E-state index in [-0.39, 0.29) is 11.5 Å². The maximum Gasteiger partial charge on any atom is 0.231 e. The summed E-state index contributed by atoms with van der Waals surface area (Å²) >= 11 is 1.77. The van der Waals surface area contributed by atoms with Gasteiger partial charge in [-0.05, 0) is 43.0 Å². The second kappa shape index (κ2) is 8.92. The summed E-state index contributed by atoms with van der Waals surface area (Å²) in [6.07, 6.45) is 2.69. The van der Waals surface area contributed by atoms with Crippen LogP contribution in [0.5, 0.6) is 23.0 Å². The Hall–Kier alpha value is -3.29. The Morgan fingerprint density at radius 2 is 2.03 bits per heavy atom. The van der Waals surface area contributed by atoms with Gasteiger partial charge in [0.2, 0.25) is 5.78 Å². The average Bonchev–Trinajstić information content (AvgIpc) is 3.46. The van der Waals surface area contributed by atoms with Gasteiger partial charge in [0, 0.05) is 34.7 Å². The number of allylic oxidation sites excluding steroid dienone is 1. The molecule has 0 saturated carbocycles. The van der Waals surface area contributed by atoms with E-state index in [1.54, 1.807) is 31.6 Å². The molecule has 3 aromatic rings. The Bertz CT molecular complexity index is 1230. The van der Waals surface area contributed by atoms with Crippen molar-refractivity contribution in [1.82, 2.24) is 4.90 Å². The van der Waals surface area contributed by atoms with E-state index in [1.165, 1.54) is 4.88 Å². The Labute approximate surface area is 197 Å². The quantitative estimate of drug-likeness (QED) is 0.475. The molecule has 0 aliphatic carbocycles. The van der Waals surface area contributed by atoms with E-state index in [4.69, 9.17) is 18.9 Å². The number of methoxy groups -OCH3 is 2. The van der Waals surface area contributed by atoms with Crippen molar-refractivity contribution in [1.29, 1.82) is 0 Å². The van der Waals surface area contributed by atoms with Crippen LogP contribution in [0.1, 0.15) is 31.9 Å². The van der Waals surface area contributed by atoms with Gasteiger partial charge in [-0.25, -0.2) is 0 Å². The maximum atomic E-state index is 13.2. The van der Waals surface area contributed by atoms with Gasteiger partial charge in [0.15, 0.2) is 17.3 Å². The number of ketones is 1. The first kappa shape index (κ1) is 21.6. The molecule has 0 fully saturated rings. The van der Waals surface area contributed by atoms with Gasteiger partial charge in [-0.2, -0.15) is 0 Å². The topological polar surface area (TPSA) is 57.2 Å². The highest BCUT2D eigenvalue weighted by Gasteiger charge is 2.33. The Morgan fingerprint density at radius 3 is 2.79 bits per heavy atom. The molecule has 7 heteroatoms. The van der Waals surface area contributed by atoms with Crippen LogP contribution in [0.2, 0.25) is 0 Å². The molecule has 2 aliphatic heterocycles. The summed E-state index contributed by atoms with van der Waals surface area (Å²) in [4.78, 5) is 16.9. The molecule has 3 heterocycles. The lowest BCUT2D eigenvalue weighted by molar-refractivity contribution is 0.0956. The van der Waals surface area contributed by atoms with Crippen molar-refractivity contribution < 1.29 is 23.7 Å². The maximum absolute atomic E-state index is 13.2. The van der Waals surface area contributed by atoms with E-state index >= 15 is 0 Å². The van der Waals surface area contributed by atoms with E-state index in [1.807, 2.05) is 31.2 Å². The third-order valence-corrected chi connectivity index (χ3v) is 6.91. The SMILES string of the molecule is COc1cccc(/C=C2\Oc3c(cc4c(c3C)OCN(CCc3cccs3)C4)C2=O)c1OC. The van der Waals surface area contributed by atoms with Gasteiger partial charge < -0.3 is 18.9 Å². The van der Waals surface area contributed by atoms with Gasteiger partial charge in [-0.15, -0.1) is 11.3 Å². The van der Waals surface area contributed by atoms with Crippen LogP contribution < -0.4 is 18.9 Å². The van der Waals surface area contributed by atoms with Crippen LogP contribution in [0, 0.1) is 6.92 Å². The van der Waals surface area contributed by atoms with Gasteiger partial charge in [0.05, 0.1) is 19.8 Å². The third kappa shape index (κ3) is 3.98. The summed E-state index contributed by atoms with van der Waals surface area (Å²) in [6.45, 7) is 4.11. The normalized spacial score (nSPS) is 16.2.